The fraction of sp³-hybridized carbons (Fsp3) is 0.435. The van der Waals surface area contributed by atoms with Gasteiger partial charge in [0.2, 0.25) is 0 Å². The van der Waals surface area contributed by atoms with Crippen molar-refractivity contribution in [1.29, 1.82) is 0 Å². The van der Waals surface area contributed by atoms with E-state index in [0.717, 1.165) is 25.9 Å². The van der Waals surface area contributed by atoms with E-state index in [9.17, 15) is 13.2 Å². The first-order valence-corrected chi connectivity index (χ1v) is 12.0. The molecule has 1 amide bonds. The molecule has 5 nitrogen and oxygen atoms in total. The molecule has 0 unspecified atom stereocenters. The van der Waals surface area contributed by atoms with Gasteiger partial charge in [0, 0.05) is 24.3 Å². The average molecular weight is 413 g/mol. The topological polar surface area (TPSA) is 66.5 Å². The molecule has 2 aromatic rings. The fourth-order valence-electron chi connectivity index (χ4n) is 4.39. The average Bonchev–Trinajstić information content (AvgIpc) is 3.29. The van der Waals surface area contributed by atoms with Crippen LogP contribution in [0.5, 0.6) is 0 Å². The Hall–Kier alpha value is -2.34. The van der Waals surface area contributed by atoms with Crippen molar-refractivity contribution in [1.82, 2.24) is 4.90 Å². The molecule has 6 heteroatoms. The predicted molar refractivity (Wildman–Crippen MR) is 115 cm³/mol. The van der Waals surface area contributed by atoms with Crippen molar-refractivity contribution in [3.8, 4) is 0 Å². The monoisotopic (exact) mass is 412 g/mol. The predicted octanol–water partition coefficient (Wildman–Crippen LogP) is 4.77. The summed E-state index contributed by atoms with van der Waals surface area (Å²) >= 11 is 0. The molecule has 1 saturated carbocycles. The fourth-order valence-corrected chi connectivity index (χ4v) is 5.44. The van der Waals surface area contributed by atoms with Crippen LogP contribution in [0.25, 0.3) is 0 Å². The SMILES string of the molecule is O=C(c1cccc(NS(=O)(=O)c2ccc(C3CCCCC3)cc2)c1)N1CCCC1. The van der Waals surface area contributed by atoms with E-state index in [1.165, 1.54) is 37.7 Å². The van der Waals surface area contributed by atoms with Crippen molar-refractivity contribution in [3.05, 3.63) is 59.7 Å². The Morgan fingerprint density at radius 2 is 1.59 bits per heavy atom. The first-order chi connectivity index (χ1) is 14.0. The van der Waals surface area contributed by atoms with Crippen molar-refractivity contribution in [2.24, 2.45) is 0 Å². The number of nitrogens with one attached hydrogen (secondary N) is 1. The van der Waals surface area contributed by atoms with Crippen LogP contribution in [0.3, 0.4) is 0 Å². The lowest BCUT2D eigenvalue weighted by molar-refractivity contribution is 0.0793. The molecule has 1 aliphatic heterocycles. The number of rotatable bonds is 5. The molecule has 1 aliphatic carbocycles. The molecule has 0 atom stereocenters. The second kappa shape index (κ2) is 8.57. The van der Waals surface area contributed by atoms with E-state index < -0.39 is 10.0 Å². The maximum Gasteiger partial charge on any atom is 0.261 e. The molecule has 0 radical (unpaired) electrons. The van der Waals surface area contributed by atoms with Crippen LogP contribution in [-0.4, -0.2) is 32.3 Å². The minimum Gasteiger partial charge on any atom is -0.339 e. The molecule has 29 heavy (non-hydrogen) atoms. The number of anilines is 1. The molecule has 2 aliphatic rings. The van der Waals surface area contributed by atoms with Gasteiger partial charge in [-0.05, 0) is 67.5 Å². The van der Waals surface area contributed by atoms with Gasteiger partial charge in [-0.25, -0.2) is 8.42 Å². The molecule has 2 aromatic carbocycles. The Kier molecular flexibility index (Phi) is 5.90. The first-order valence-electron chi connectivity index (χ1n) is 10.5. The summed E-state index contributed by atoms with van der Waals surface area (Å²) < 4.78 is 28.3. The van der Waals surface area contributed by atoms with E-state index in [1.807, 2.05) is 17.0 Å². The molecular formula is C23H28N2O3S. The Morgan fingerprint density at radius 3 is 2.28 bits per heavy atom. The molecule has 1 N–H and O–H groups in total. The van der Waals surface area contributed by atoms with E-state index >= 15 is 0 Å². The lowest BCUT2D eigenvalue weighted by atomic mass is 9.84. The van der Waals surface area contributed by atoms with Crippen molar-refractivity contribution < 1.29 is 13.2 Å². The van der Waals surface area contributed by atoms with Gasteiger partial charge in [-0.1, -0.05) is 37.5 Å². The van der Waals surface area contributed by atoms with Gasteiger partial charge >= 0.3 is 0 Å². The summed E-state index contributed by atoms with van der Waals surface area (Å²) in [6.45, 7) is 1.53. The van der Waals surface area contributed by atoms with Gasteiger partial charge in [-0.2, -0.15) is 0 Å². The summed E-state index contributed by atoms with van der Waals surface area (Å²) in [7, 11) is -3.70. The molecular weight excluding hydrogens is 384 g/mol. The van der Waals surface area contributed by atoms with Crippen LogP contribution >= 0.6 is 0 Å². The zero-order chi connectivity index (χ0) is 20.3. The van der Waals surface area contributed by atoms with E-state index in [-0.39, 0.29) is 10.8 Å². The minimum atomic E-state index is -3.70. The van der Waals surface area contributed by atoms with Crippen LogP contribution in [0, 0.1) is 0 Å². The summed E-state index contributed by atoms with van der Waals surface area (Å²) in [5.41, 5.74) is 2.15. The maximum absolute atomic E-state index is 12.8. The number of carbonyl (C=O) groups is 1. The number of nitrogens with zero attached hydrogens (tertiary/aromatic N) is 1. The van der Waals surface area contributed by atoms with E-state index in [1.54, 1.807) is 36.4 Å². The number of sulfonamides is 1. The van der Waals surface area contributed by atoms with Gasteiger partial charge in [-0.3, -0.25) is 9.52 Å². The minimum absolute atomic E-state index is 0.0413. The third kappa shape index (κ3) is 4.64. The molecule has 4 rings (SSSR count). The zero-order valence-corrected chi connectivity index (χ0v) is 17.5. The van der Waals surface area contributed by atoms with Crippen LogP contribution in [0.4, 0.5) is 5.69 Å². The van der Waals surface area contributed by atoms with Crippen LogP contribution in [0.1, 0.15) is 66.8 Å². The normalized spacial score (nSPS) is 18.0. The molecule has 1 saturated heterocycles. The Morgan fingerprint density at radius 1 is 0.897 bits per heavy atom. The zero-order valence-electron chi connectivity index (χ0n) is 16.6. The van der Waals surface area contributed by atoms with Crippen LogP contribution in [0.2, 0.25) is 0 Å². The molecule has 0 spiro atoms. The lowest BCUT2D eigenvalue weighted by Gasteiger charge is -2.22. The number of amides is 1. The van der Waals surface area contributed by atoms with Crippen LogP contribution in [-0.2, 0) is 10.0 Å². The quantitative estimate of drug-likeness (QED) is 0.769. The second-order valence-corrected chi connectivity index (χ2v) is 9.77. The van der Waals surface area contributed by atoms with E-state index in [2.05, 4.69) is 4.72 Å². The molecule has 2 fully saturated rings. The van der Waals surface area contributed by atoms with Crippen molar-refractivity contribution in [2.75, 3.05) is 17.8 Å². The highest BCUT2D eigenvalue weighted by Gasteiger charge is 2.21. The molecule has 0 bridgehead atoms. The maximum atomic E-state index is 12.8. The van der Waals surface area contributed by atoms with Gasteiger partial charge < -0.3 is 4.90 Å². The molecule has 1 heterocycles. The van der Waals surface area contributed by atoms with Crippen molar-refractivity contribution in [2.45, 2.75) is 55.8 Å². The number of likely N-dealkylation sites (tertiary alicyclic amines) is 1. The Bertz CT molecular complexity index is 958. The highest BCUT2D eigenvalue weighted by molar-refractivity contribution is 7.92. The number of hydrogen-bond acceptors (Lipinski definition) is 3. The van der Waals surface area contributed by atoms with Gasteiger partial charge in [0.15, 0.2) is 0 Å². The first kappa shape index (κ1) is 20.0. The summed E-state index contributed by atoms with van der Waals surface area (Å²) in [5.74, 6) is 0.502. The van der Waals surface area contributed by atoms with E-state index in [0.29, 0.717) is 17.2 Å². The summed E-state index contributed by atoms with van der Waals surface area (Å²) in [5, 5.41) is 0. The van der Waals surface area contributed by atoms with Gasteiger partial charge in [-0.15, -0.1) is 0 Å². The lowest BCUT2D eigenvalue weighted by Crippen LogP contribution is -2.27. The van der Waals surface area contributed by atoms with Crippen LogP contribution < -0.4 is 4.72 Å². The smallest absolute Gasteiger partial charge is 0.261 e. The third-order valence-corrected chi connectivity index (χ3v) is 7.42. The largest absolute Gasteiger partial charge is 0.339 e. The molecule has 154 valence electrons. The summed E-state index contributed by atoms with van der Waals surface area (Å²) in [6, 6.07) is 14.0. The highest BCUT2D eigenvalue weighted by Crippen LogP contribution is 2.33. The highest BCUT2D eigenvalue weighted by atomic mass is 32.2. The standard InChI is InChI=1S/C23H28N2O3S/c26-23(25-15-4-5-16-25)20-9-6-10-21(17-20)24-29(27,28)22-13-11-19(12-14-22)18-7-2-1-3-8-18/h6,9-14,17-18,24H,1-5,7-8,15-16H2. The van der Waals surface area contributed by atoms with Gasteiger partial charge in [0.05, 0.1) is 4.90 Å². The Labute approximate surface area is 173 Å². The van der Waals surface area contributed by atoms with Gasteiger partial charge in [0.25, 0.3) is 15.9 Å². The molecule has 0 aromatic heterocycles. The number of carbonyl (C=O) groups excluding carboxylic acids is 1. The van der Waals surface area contributed by atoms with E-state index in [4.69, 9.17) is 0 Å². The van der Waals surface area contributed by atoms with Gasteiger partial charge in [0.1, 0.15) is 0 Å². The summed E-state index contributed by atoms with van der Waals surface area (Å²) in [6.07, 6.45) is 8.21. The third-order valence-electron chi connectivity index (χ3n) is 6.02. The van der Waals surface area contributed by atoms with Crippen molar-refractivity contribution >= 4 is 21.6 Å². The van der Waals surface area contributed by atoms with Crippen molar-refractivity contribution in [3.63, 3.8) is 0 Å². The second-order valence-electron chi connectivity index (χ2n) is 8.09. The number of hydrogen-bond donors (Lipinski definition) is 1. The summed E-state index contributed by atoms with van der Waals surface area (Å²) in [4.78, 5) is 14.6. The number of benzene rings is 2. The Balaban J connectivity index is 1.48. The van der Waals surface area contributed by atoms with Crippen LogP contribution in [0.15, 0.2) is 53.4 Å².